The van der Waals surface area contributed by atoms with Gasteiger partial charge in [0.1, 0.15) is 5.82 Å². The Kier molecular flexibility index (Phi) is 6.69. The zero-order chi connectivity index (χ0) is 27.7. The van der Waals surface area contributed by atoms with E-state index >= 15 is 0 Å². The number of rotatable bonds is 4. The van der Waals surface area contributed by atoms with Crippen molar-refractivity contribution in [2.24, 2.45) is 0 Å². The third-order valence-electron chi connectivity index (χ3n) is 6.20. The number of amides is 2. The number of aromatic nitrogens is 3. The molecule has 0 bridgehead atoms. The second kappa shape index (κ2) is 10.1. The number of hydrogen-bond donors (Lipinski definition) is 2. The number of carbonyl (C=O) groups excluding carboxylic acids is 1. The van der Waals surface area contributed by atoms with Gasteiger partial charge < -0.3 is 15.3 Å². The molecule has 5 rings (SSSR count). The van der Waals surface area contributed by atoms with E-state index in [1.165, 1.54) is 23.4 Å². The molecule has 0 fully saturated rings. The number of anilines is 1. The van der Waals surface area contributed by atoms with E-state index in [-0.39, 0.29) is 30.7 Å². The van der Waals surface area contributed by atoms with Crippen molar-refractivity contribution in [1.29, 1.82) is 0 Å². The summed E-state index contributed by atoms with van der Waals surface area (Å²) >= 11 is 0. The number of halogens is 4. The molecule has 0 spiro atoms. The summed E-state index contributed by atoms with van der Waals surface area (Å²) in [6, 6.07) is 12.8. The van der Waals surface area contributed by atoms with Gasteiger partial charge in [-0.3, -0.25) is 9.78 Å². The second-order valence-electron chi connectivity index (χ2n) is 8.71. The highest BCUT2D eigenvalue weighted by atomic mass is 19.4. The zero-order valence-corrected chi connectivity index (χ0v) is 20.0. The fraction of sp³-hybridized carbons (Fsp3) is 0.148. The molecule has 0 radical (unpaired) electrons. The highest BCUT2D eigenvalue weighted by Gasteiger charge is 2.36. The van der Waals surface area contributed by atoms with Crippen LogP contribution in [0.25, 0.3) is 22.6 Å². The molecule has 0 unspecified atom stereocenters. The van der Waals surface area contributed by atoms with Crippen molar-refractivity contribution in [3.63, 3.8) is 0 Å². The number of alkyl halides is 3. The molecule has 1 aliphatic rings. The third kappa shape index (κ3) is 5.26. The predicted molar refractivity (Wildman–Crippen MR) is 132 cm³/mol. The molecule has 1 aliphatic heterocycles. The molecule has 4 aromatic rings. The summed E-state index contributed by atoms with van der Waals surface area (Å²) in [5.74, 6) is -2.74. The molecule has 12 heteroatoms. The number of carbonyl (C=O) groups is 2. The van der Waals surface area contributed by atoms with Gasteiger partial charge in [-0.1, -0.05) is 30.3 Å². The smallest absolute Gasteiger partial charge is 0.417 e. The first kappa shape index (κ1) is 25.8. The van der Waals surface area contributed by atoms with Crippen molar-refractivity contribution in [3.8, 4) is 22.6 Å². The van der Waals surface area contributed by atoms with Gasteiger partial charge in [0.2, 0.25) is 0 Å². The van der Waals surface area contributed by atoms with Gasteiger partial charge in [0.15, 0.2) is 5.82 Å². The maximum absolute atomic E-state index is 15.0. The fourth-order valence-corrected chi connectivity index (χ4v) is 4.34. The Bertz CT molecular complexity index is 1560. The Morgan fingerprint density at radius 2 is 1.72 bits per heavy atom. The minimum Gasteiger partial charge on any atom is -0.465 e. The lowest BCUT2D eigenvalue weighted by atomic mass is 10.00. The molecule has 2 N–H and O–H groups in total. The van der Waals surface area contributed by atoms with Crippen molar-refractivity contribution >= 4 is 17.7 Å². The van der Waals surface area contributed by atoms with Crippen LogP contribution >= 0.6 is 0 Å². The van der Waals surface area contributed by atoms with E-state index in [2.05, 4.69) is 20.3 Å². The lowest BCUT2D eigenvalue weighted by Gasteiger charge is -2.27. The van der Waals surface area contributed by atoms with E-state index < -0.39 is 40.7 Å². The number of pyridine rings is 1. The Balaban J connectivity index is 1.59. The van der Waals surface area contributed by atoms with Crippen LogP contribution in [0, 0.1) is 5.82 Å². The number of benzene rings is 2. The molecule has 0 saturated heterocycles. The zero-order valence-electron chi connectivity index (χ0n) is 20.0. The number of hydrogen-bond acceptors (Lipinski definition) is 5. The van der Waals surface area contributed by atoms with E-state index in [0.29, 0.717) is 28.9 Å². The summed E-state index contributed by atoms with van der Waals surface area (Å²) in [5, 5.41) is 12.0. The quantitative estimate of drug-likeness (QED) is 0.326. The SMILES string of the molecule is O=C(Nc1cc2c(nc1-c1ccccc1)CCN(C(=O)O)C2)c1cc(-c2ncccn2)c(C(F)(F)F)cc1F. The number of nitrogens with zero attached hydrogens (tertiary/aromatic N) is 4. The molecule has 2 aromatic heterocycles. The topological polar surface area (TPSA) is 108 Å². The van der Waals surface area contributed by atoms with Gasteiger partial charge in [-0.25, -0.2) is 19.2 Å². The molecule has 2 aromatic carbocycles. The standard InChI is InChI=1S/C27H19F4N5O3/c28-20-13-19(27(29,30)31)17(24-32-8-4-9-33-24)12-18(20)25(37)35-22-11-16-14-36(26(38)39)10-7-21(16)34-23(22)15-5-2-1-3-6-15/h1-6,8-9,11-13H,7,10,14H2,(H,35,37)(H,38,39). The highest BCUT2D eigenvalue weighted by molar-refractivity contribution is 6.07. The second-order valence-corrected chi connectivity index (χ2v) is 8.71. The number of fused-ring (bicyclic) bond motifs is 1. The maximum atomic E-state index is 15.0. The predicted octanol–water partition coefficient (Wildman–Crippen LogP) is 5.65. The Hall–Kier alpha value is -4.87. The first-order valence-corrected chi connectivity index (χ1v) is 11.7. The molecule has 0 aliphatic carbocycles. The van der Waals surface area contributed by atoms with E-state index in [0.717, 1.165) is 6.07 Å². The molecule has 2 amide bonds. The number of nitrogens with one attached hydrogen (secondary N) is 1. The fourth-order valence-electron chi connectivity index (χ4n) is 4.34. The molecular formula is C27H19F4N5O3. The van der Waals surface area contributed by atoms with Crippen LogP contribution in [0.3, 0.4) is 0 Å². The van der Waals surface area contributed by atoms with Crippen molar-refractivity contribution in [1.82, 2.24) is 19.9 Å². The average molecular weight is 537 g/mol. The Morgan fingerprint density at radius 1 is 1.00 bits per heavy atom. The lowest BCUT2D eigenvalue weighted by molar-refractivity contribution is -0.137. The lowest BCUT2D eigenvalue weighted by Crippen LogP contribution is -2.35. The Labute approximate surface area is 219 Å². The summed E-state index contributed by atoms with van der Waals surface area (Å²) in [6.45, 7) is 0.274. The van der Waals surface area contributed by atoms with Crippen molar-refractivity contribution in [2.75, 3.05) is 11.9 Å². The molecular weight excluding hydrogens is 518 g/mol. The highest BCUT2D eigenvalue weighted by Crippen LogP contribution is 2.38. The van der Waals surface area contributed by atoms with Gasteiger partial charge in [0.25, 0.3) is 5.91 Å². The van der Waals surface area contributed by atoms with Crippen LogP contribution < -0.4 is 5.32 Å². The summed E-state index contributed by atoms with van der Waals surface area (Å²) in [5.41, 5.74) is -0.217. The van der Waals surface area contributed by atoms with Gasteiger partial charge >= 0.3 is 12.3 Å². The maximum Gasteiger partial charge on any atom is 0.417 e. The summed E-state index contributed by atoms with van der Waals surface area (Å²) in [7, 11) is 0. The summed E-state index contributed by atoms with van der Waals surface area (Å²) in [6.07, 6.45) is -3.22. The summed E-state index contributed by atoms with van der Waals surface area (Å²) < 4.78 is 56.1. The van der Waals surface area contributed by atoms with Crippen molar-refractivity contribution < 1.29 is 32.3 Å². The van der Waals surface area contributed by atoms with E-state index in [1.54, 1.807) is 36.4 Å². The normalized spacial score (nSPS) is 13.1. The van der Waals surface area contributed by atoms with Gasteiger partial charge in [-0.2, -0.15) is 13.2 Å². The molecule has 8 nitrogen and oxygen atoms in total. The Morgan fingerprint density at radius 3 is 2.38 bits per heavy atom. The van der Waals surface area contributed by atoms with E-state index in [1.807, 2.05) is 0 Å². The van der Waals surface area contributed by atoms with Crippen molar-refractivity contribution in [3.05, 3.63) is 95.2 Å². The van der Waals surface area contributed by atoms with Crippen LogP contribution in [-0.4, -0.2) is 43.5 Å². The van der Waals surface area contributed by atoms with Crippen LogP contribution in [0.2, 0.25) is 0 Å². The van der Waals surface area contributed by atoms with E-state index in [4.69, 9.17) is 0 Å². The summed E-state index contributed by atoms with van der Waals surface area (Å²) in [4.78, 5) is 38.3. The minimum absolute atomic E-state index is 0.0275. The van der Waals surface area contributed by atoms with Crippen LogP contribution in [0.5, 0.6) is 0 Å². The molecule has 198 valence electrons. The molecule has 0 atom stereocenters. The molecule has 3 heterocycles. The minimum atomic E-state index is -4.93. The number of carboxylic acid groups (broad SMARTS) is 1. The molecule has 0 saturated carbocycles. The van der Waals surface area contributed by atoms with Crippen LogP contribution in [-0.2, 0) is 19.1 Å². The third-order valence-corrected chi connectivity index (χ3v) is 6.20. The van der Waals surface area contributed by atoms with Crippen molar-refractivity contribution in [2.45, 2.75) is 19.1 Å². The first-order valence-electron chi connectivity index (χ1n) is 11.7. The largest absolute Gasteiger partial charge is 0.465 e. The molecule has 39 heavy (non-hydrogen) atoms. The van der Waals surface area contributed by atoms with Gasteiger partial charge in [0, 0.05) is 42.2 Å². The first-order chi connectivity index (χ1) is 18.6. The van der Waals surface area contributed by atoms with Gasteiger partial charge in [-0.15, -0.1) is 0 Å². The van der Waals surface area contributed by atoms with E-state index in [9.17, 15) is 32.3 Å². The van der Waals surface area contributed by atoms with Crippen LogP contribution in [0.1, 0.15) is 27.2 Å². The van der Waals surface area contributed by atoms with Gasteiger partial charge in [-0.05, 0) is 29.8 Å². The monoisotopic (exact) mass is 537 g/mol. The van der Waals surface area contributed by atoms with Gasteiger partial charge in [0.05, 0.1) is 29.1 Å². The van der Waals surface area contributed by atoms with Crippen LogP contribution in [0.15, 0.2) is 67.0 Å². The van der Waals surface area contributed by atoms with Crippen LogP contribution in [0.4, 0.5) is 28.0 Å². The average Bonchev–Trinajstić information content (AvgIpc) is 2.92.